The summed E-state index contributed by atoms with van der Waals surface area (Å²) in [4.78, 5) is 13.3. The van der Waals surface area contributed by atoms with Gasteiger partial charge in [0.25, 0.3) is 0 Å². The average molecular weight is 447 g/mol. The quantitative estimate of drug-likeness (QED) is 0.674. The molecule has 0 radical (unpaired) electrons. The minimum Gasteiger partial charge on any atom is -0.497 e. The van der Waals surface area contributed by atoms with Gasteiger partial charge < -0.3 is 14.8 Å². The Kier molecular flexibility index (Phi) is 7.23. The van der Waals surface area contributed by atoms with Gasteiger partial charge >= 0.3 is 0 Å². The van der Waals surface area contributed by atoms with Gasteiger partial charge in [-0.15, -0.1) is 0 Å². The standard InChI is InChI=1S/C23H30N2O5S/c1-16(2)13-24-23(26)21-15-25(31(27,28)18-8-6-5-7-9-18)14-20(21)19-11-10-17(29-3)12-22(19)30-4/h5-12,16,20-21H,13-15H2,1-4H3,(H,24,26)/t20-,21-/m1/s1. The number of nitrogens with one attached hydrogen (secondary N) is 1. The number of hydrogen-bond donors (Lipinski definition) is 1. The highest BCUT2D eigenvalue weighted by Gasteiger charge is 2.44. The maximum absolute atomic E-state index is 13.2. The number of benzene rings is 2. The topological polar surface area (TPSA) is 84.9 Å². The Morgan fingerprint density at radius 3 is 2.42 bits per heavy atom. The van der Waals surface area contributed by atoms with Gasteiger partial charge in [0.05, 0.1) is 25.0 Å². The molecule has 1 fully saturated rings. The van der Waals surface area contributed by atoms with Gasteiger partial charge in [-0.25, -0.2) is 8.42 Å². The predicted molar refractivity (Wildman–Crippen MR) is 119 cm³/mol. The Hall–Kier alpha value is -2.58. The van der Waals surface area contributed by atoms with Gasteiger partial charge in [0.15, 0.2) is 0 Å². The first-order chi connectivity index (χ1) is 14.8. The van der Waals surface area contributed by atoms with E-state index in [-0.39, 0.29) is 29.8 Å². The highest BCUT2D eigenvalue weighted by molar-refractivity contribution is 7.89. The molecule has 168 valence electrons. The second-order valence-electron chi connectivity index (χ2n) is 8.09. The van der Waals surface area contributed by atoms with Crippen LogP contribution in [0, 0.1) is 11.8 Å². The molecule has 1 saturated heterocycles. The Morgan fingerprint density at radius 1 is 1.10 bits per heavy atom. The van der Waals surface area contributed by atoms with Gasteiger partial charge in [-0.3, -0.25) is 4.79 Å². The van der Waals surface area contributed by atoms with Crippen molar-refractivity contribution >= 4 is 15.9 Å². The van der Waals surface area contributed by atoms with Crippen molar-refractivity contribution in [1.29, 1.82) is 0 Å². The van der Waals surface area contributed by atoms with Gasteiger partial charge in [-0.1, -0.05) is 38.1 Å². The zero-order valence-electron chi connectivity index (χ0n) is 18.4. The first-order valence-corrected chi connectivity index (χ1v) is 11.8. The molecule has 0 bridgehead atoms. The third-order valence-electron chi connectivity index (χ3n) is 5.53. The molecule has 0 unspecified atom stereocenters. The first kappa shape index (κ1) is 23.1. The van der Waals surface area contributed by atoms with Crippen LogP contribution in [0.5, 0.6) is 11.5 Å². The van der Waals surface area contributed by atoms with E-state index in [2.05, 4.69) is 5.32 Å². The fraction of sp³-hybridized carbons (Fsp3) is 0.435. The fourth-order valence-electron chi connectivity index (χ4n) is 3.85. The van der Waals surface area contributed by atoms with Crippen molar-refractivity contribution in [3.05, 3.63) is 54.1 Å². The molecule has 0 aliphatic carbocycles. The van der Waals surface area contributed by atoms with Crippen molar-refractivity contribution in [1.82, 2.24) is 9.62 Å². The van der Waals surface area contributed by atoms with Crippen molar-refractivity contribution in [3.63, 3.8) is 0 Å². The molecule has 8 heteroatoms. The van der Waals surface area contributed by atoms with E-state index in [4.69, 9.17) is 9.47 Å². The lowest BCUT2D eigenvalue weighted by Crippen LogP contribution is -2.37. The molecule has 0 aromatic heterocycles. The summed E-state index contributed by atoms with van der Waals surface area (Å²) in [5.74, 6) is 0.481. The molecule has 1 aliphatic rings. The van der Waals surface area contributed by atoms with Crippen molar-refractivity contribution in [2.45, 2.75) is 24.7 Å². The zero-order valence-corrected chi connectivity index (χ0v) is 19.2. The van der Waals surface area contributed by atoms with Crippen molar-refractivity contribution in [3.8, 4) is 11.5 Å². The average Bonchev–Trinajstić information content (AvgIpc) is 3.23. The van der Waals surface area contributed by atoms with Crippen molar-refractivity contribution in [2.24, 2.45) is 11.8 Å². The lowest BCUT2D eigenvalue weighted by atomic mass is 9.87. The molecule has 1 aliphatic heterocycles. The number of rotatable bonds is 8. The molecule has 2 aromatic carbocycles. The molecule has 1 N–H and O–H groups in total. The lowest BCUT2D eigenvalue weighted by Gasteiger charge is -2.21. The molecule has 31 heavy (non-hydrogen) atoms. The van der Waals surface area contributed by atoms with E-state index in [0.717, 1.165) is 5.56 Å². The third kappa shape index (κ3) is 5.02. The number of ether oxygens (including phenoxy) is 2. The van der Waals surface area contributed by atoms with Gasteiger partial charge in [0, 0.05) is 31.6 Å². The molecule has 1 heterocycles. The Labute approximate surface area is 184 Å². The van der Waals surface area contributed by atoms with E-state index in [1.807, 2.05) is 19.9 Å². The van der Waals surface area contributed by atoms with Crippen LogP contribution in [0.1, 0.15) is 25.3 Å². The van der Waals surface area contributed by atoms with Crippen LogP contribution in [-0.2, 0) is 14.8 Å². The minimum atomic E-state index is -3.72. The number of nitrogens with zero attached hydrogens (tertiary/aromatic N) is 1. The largest absolute Gasteiger partial charge is 0.497 e. The van der Waals surface area contributed by atoms with E-state index < -0.39 is 15.9 Å². The molecule has 1 amide bonds. The summed E-state index contributed by atoms with van der Waals surface area (Å²) in [5, 5.41) is 2.97. The Morgan fingerprint density at radius 2 is 1.81 bits per heavy atom. The number of amides is 1. The number of carbonyl (C=O) groups is 1. The molecule has 0 spiro atoms. The molecule has 2 atom stereocenters. The maximum atomic E-state index is 13.2. The van der Waals surface area contributed by atoms with Gasteiger partial charge in [0.2, 0.25) is 15.9 Å². The molecular weight excluding hydrogens is 416 g/mol. The summed E-state index contributed by atoms with van der Waals surface area (Å²) < 4.78 is 38.7. The number of hydrogen-bond acceptors (Lipinski definition) is 5. The first-order valence-electron chi connectivity index (χ1n) is 10.3. The van der Waals surface area contributed by atoms with Crippen LogP contribution < -0.4 is 14.8 Å². The summed E-state index contributed by atoms with van der Waals surface area (Å²) in [6, 6.07) is 13.7. The van der Waals surface area contributed by atoms with Crippen LogP contribution in [0.25, 0.3) is 0 Å². The normalized spacial score (nSPS) is 19.4. The summed E-state index contributed by atoms with van der Waals surface area (Å²) in [6.45, 7) is 4.88. The second kappa shape index (κ2) is 9.70. The van der Waals surface area contributed by atoms with Gasteiger partial charge in [-0.05, 0) is 29.7 Å². The number of methoxy groups -OCH3 is 2. The minimum absolute atomic E-state index is 0.112. The van der Waals surface area contributed by atoms with Crippen molar-refractivity contribution < 1.29 is 22.7 Å². The second-order valence-corrected chi connectivity index (χ2v) is 10.0. The van der Waals surface area contributed by atoms with Gasteiger partial charge in [-0.2, -0.15) is 4.31 Å². The summed E-state index contributed by atoms with van der Waals surface area (Å²) in [7, 11) is -0.597. The molecule has 2 aromatic rings. The molecule has 7 nitrogen and oxygen atoms in total. The monoisotopic (exact) mass is 446 g/mol. The van der Waals surface area contributed by atoms with E-state index in [0.29, 0.717) is 24.0 Å². The van der Waals surface area contributed by atoms with E-state index in [9.17, 15) is 13.2 Å². The maximum Gasteiger partial charge on any atom is 0.243 e. The van der Waals surface area contributed by atoms with Crippen LogP contribution >= 0.6 is 0 Å². The zero-order chi connectivity index (χ0) is 22.6. The van der Waals surface area contributed by atoms with Crippen LogP contribution in [-0.4, -0.2) is 52.5 Å². The highest BCUT2D eigenvalue weighted by Crippen LogP contribution is 2.41. The Balaban J connectivity index is 1.97. The molecular formula is C23H30N2O5S. The van der Waals surface area contributed by atoms with E-state index >= 15 is 0 Å². The summed E-state index contributed by atoms with van der Waals surface area (Å²) in [5.41, 5.74) is 0.791. The van der Waals surface area contributed by atoms with Crippen LogP contribution in [0.15, 0.2) is 53.4 Å². The fourth-order valence-corrected chi connectivity index (χ4v) is 5.36. The summed E-state index contributed by atoms with van der Waals surface area (Å²) >= 11 is 0. The van der Waals surface area contributed by atoms with E-state index in [1.54, 1.807) is 56.7 Å². The van der Waals surface area contributed by atoms with Crippen LogP contribution in [0.4, 0.5) is 0 Å². The SMILES string of the molecule is COc1ccc([C@H]2CN(S(=O)(=O)c3ccccc3)C[C@H]2C(=O)NCC(C)C)c(OC)c1. The third-order valence-corrected chi connectivity index (χ3v) is 7.37. The Bertz CT molecular complexity index is 1010. The van der Waals surface area contributed by atoms with E-state index in [1.165, 1.54) is 4.31 Å². The molecule has 0 saturated carbocycles. The smallest absolute Gasteiger partial charge is 0.243 e. The number of sulfonamides is 1. The van der Waals surface area contributed by atoms with Crippen LogP contribution in [0.2, 0.25) is 0 Å². The lowest BCUT2D eigenvalue weighted by molar-refractivity contribution is -0.125. The van der Waals surface area contributed by atoms with Crippen LogP contribution in [0.3, 0.4) is 0 Å². The summed E-state index contributed by atoms with van der Waals surface area (Å²) in [6.07, 6.45) is 0. The van der Waals surface area contributed by atoms with Crippen molar-refractivity contribution in [2.75, 3.05) is 33.9 Å². The highest BCUT2D eigenvalue weighted by atomic mass is 32.2. The predicted octanol–water partition coefficient (Wildman–Crippen LogP) is 2.88. The number of carbonyl (C=O) groups excluding carboxylic acids is 1. The van der Waals surface area contributed by atoms with Gasteiger partial charge in [0.1, 0.15) is 11.5 Å². The molecule has 3 rings (SSSR count).